The van der Waals surface area contributed by atoms with Gasteiger partial charge in [0, 0.05) is 29.0 Å². The Morgan fingerprint density at radius 2 is 2.08 bits per heavy atom. The van der Waals surface area contributed by atoms with E-state index in [9.17, 15) is 4.79 Å². The SMILES string of the molecule is O=C(NCCCNc1ccc2nnc(C3CC3)n2n1)c1cccc(Br)c1. The number of carbonyl (C=O) groups excluding carboxylic acids is 1. The fourth-order valence-electron chi connectivity index (χ4n) is 2.73. The van der Waals surface area contributed by atoms with E-state index in [0.29, 0.717) is 18.0 Å². The number of hydrogen-bond donors (Lipinski definition) is 2. The van der Waals surface area contributed by atoms with Crippen LogP contribution in [0.15, 0.2) is 40.9 Å². The molecule has 0 unspecified atom stereocenters. The van der Waals surface area contributed by atoms with Gasteiger partial charge < -0.3 is 10.6 Å². The predicted molar refractivity (Wildman–Crippen MR) is 102 cm³/mol. The third-order valence-electron chi connectivity index (χ3n) is 4.26. The maximum absolute atomic E-state index is 12.1. The van der Waals surface area contributed by atoms with Gasteiger partial charge in [-0.25, -0.2) is 0 Å². The van der Waals surface area contributed by atoms with Crippen molar-refractivity contribution in [2.24, 2.45) is 0 Å². The minimum atomic E-state index is -0.0654. The fourth-order valence-corrected chi connectivity index (χ4v) is 3.13. The highest BCUT2D eigenvalue weighted by Gasteiger charge is 2.29. The van der Waals surface area contributed by atoms with E-state index < -0.39 is 0 Å². The van der Waals surface area contributed by atoms with Gasteiger partial charge in [-0.15, -0.1) is 15.3 Å². The van der Waals surface area contributed by atoms with Crippen molar-refractivity contribution >= 4 is 33.3 Å². The smallest absolute Gasteiger partial charge is 0.251 e. The molecule has 0 aliphatic heterocycles. The van der Waals surface area contributed by atoms with Gasteiger partial charge in [-0.2, -0.15) is 4.52 Å². The average Bonchev–Trinajstić information content (AvgIpc) is 3.40. The molecule has 0 spiro atoms. The Kier molecular flexibility index (Phi) is 4.83. The summed E-state index contributed by atoms with van der Waals surface area (Å²) < 4.78 is 2.72. The molecule has 0 saturated heterocycles. The topological polar surface area (TPSA) is 84.2 Å². The number of aromatic nitrogens is 4. The van der Waals surface area contributed by atoms with E-state index in [1.807, 2.05) is 34.8 Å². The number of amides is 1. The zero-order chi connectivity index (χ0) is 17.9. The first-order valence-corrected chi connectivity index (χ1v) is 9.50. The van der Waals surface area contributed by atoms with E-state index in [-0.39, 0.29) is 5.91 Å². The van der Waals surface area contributed by atoms with E-state index in [1.54, 1.807) is 6.07 Å². The summed E-state index contributed by atoms with van der Waals surface area (Å²) >= 11 is 3.37. The van der Waals surface area contributed by atoms with Crippen LogP contribution in [0.2, 0.25) is 0 Å². The fraction of sp³-hybridized carbons (Fsp3) is 0.333. The van der Waals surface area contributed by atoms with Gasteiger partial charge in [0.05, 0.1) is 0 Å². The Morgan fingerprint density at radius 3 is 2.88 bits per heavy atom. The first-order valence-electron chi connectivity index (χ1n) is 8.71. The molecular weight excluding hydrogens is 396 g/mol. The second-order valence-electron chi connectivity index (χ2n) is 6.37. The molecule has 1 aliphatic rings. The Bertz CT molecular complexity index is 936. The Morgan fingerprint density at radius 1 is 1.19 bits per heavy atom. The largest absolute Gasteiger partial charge is 0.369 e. The molecule has 0 atom stereocenters. The molecule has 8 heteroatoms. The number of halogens is 1. The normalized spacial score (nSPS) is 13.7. The lowest BCUT2D eigenvalue weighted by Gasteiger charge is -2.08. The molecule has 134 valence electrons. The van der Waals surface area contributed by atoms with Crippen LogP contribution in [-0.2, 0) is 0 Å². The van der Waals surface area contributed by atoms with Crippen molar-refractivity contribution < 1.29 is 4.79 Å². The lowest BCUT2D eigenvalue weighted by molar-refractivity contribution is 0.0953. The number of rotatable bonds is 7. The number of nitrogens with zero attached hydrogens (tertiary/aromatic N) is 4. The quantitative estimate of drug-likeness (QED) is 0.580. The Balaban J connectivity index is 1.26. The number of nitrogens with one attached hydrogen (secondary N) is 2. The van der Waals surface area contributed by atoms with E-state index >= 15 is 0 Å². The molecule has 2 aromatic heterocycles. The van der Waals surface area contributed by atoms with Crippen LogP contribution in [0.3, 0.4) is 0 Å². The van der Waals surface area contributed by atoms with Crippen LogP contribution in [-0.4, -0.2) is 38.8 Å². The summed E-state index contributed by atoms with van der Waals surface area (Å²) in [6.45, 7) is 1.32. The van der Waals surface area contributed by atoms with Crippen molar-refractivity contribution in [3.05, 3.63) is 52.3 Å². The highest BCUT2D eigenvalue weighted by molar-refractivity contribution is 9.10. The van der Waals surface area contributed by atoms with E-state index in [1.165, 1.54) is 0 Å². The minimum Gasteiger partial charge on any atom is -0.369 e. The van der Waals surface area contributed by atoms with Crippen molar-refractivity contribution in [2.75, 3.05) is 18.4 Å². The molecule has 4 rings (SSSR count). The molecule has 1 fully saturated rings. The van der Waals surface area contributed by atoms with E-state index in [0.717, 1.165) is 47.6 Å². The third kappa shape index (κ3) is 3.85. The number of benzene rings is 1. The monoisotopic (exact) mass is 414 g/mol. The van der Waals surface area contributed by atoms with Crippen LogP contribution in [0.25, 0.3) is 5.65 Å². The molecule has 1 aliphatic carbocycles. The molecule has 0 radical (unpaired) electrons. The van der Waals surface area contributed by atoms with Crippen molar-refractivity contribution in [3.63, 3.8) is 0 Å². The molecule has 7 nitrogen and oxygen atoms in total. The molecular formula is C18H19BrN6O. The van der Waals surface area contributed by atoms with E-state index in [4.69, 9.17) is 0 Å². The molecule has 1 aromatic carbocycles. The van der Waals surface area contributed by atoms with E-state index in [2.05, 4.69) is 41.9 Å². The number of carbonyl (C=O) groups is 1. The van der Waals surface area contributed by atoms with Crippen molar-refractivity contribution in [3.8, 4) is 0 Å². The maximum atomic E-state index is 12.1. The Labute approximate surface area is 159 Å². The molecule has 26 heavy (non-hydrogen) atoms. The third-order valence-corrected chi connectivity index (χ3v) is 4.75. The highest BCUT2D eigenvalue weighted by atomic mass is 79.9. The van der Waals surface area contributed by atoms with Gasteiger partial charge >= 0.3 is 0 Å². The predicted octanol–water partition coefficient (Wildman–Crippen LogP) is 3.00. The second kappa shape index (κ2) is 7.41. The summed E-state index contributed by atoms with van der Waals surface area (Å²) in [5.41, 5.74) is 1.43. The van der Waals surface area contributed by atoms with Crippen LogP contribution in [0.1, 0.15) is 41.4 Å². The average molecular weight is 415 g/mol. The molecule has 3 aromatic rings. The zero-order valence-corrected chi connectivity index (χ0v) is 15.7. The van der Waals surface area contributed by atoms with Crippen molar-refractivity contribution in [1.82, 2.24) is 25.1 Å². The van der Waals surface area contributed by atoms with Crippen LogP contribution >= 0.6 is 15.9 Å². The first kappa shape index (κ1) is 17.0. The molecule has 2 heterocycles. The Hall–Kier alpha value is -2.48. The molecule has 1 amide bonds. The zero-order valence-electron chi connectivity index (χ0n) is 14.2. The van der Waals surface area contributed by atoms with Gasteiger partial charge in [0.25, 0.3) is 5.91 Å². The molecule has 0 bridgehead atoms. The molecule has 1 saturated carbocycles. The summed E-state index contributed by atoms with van der Waals surface area (Å²) in [5, 5.41) is 19.2. The molecule has 2 N–H and O–H groups in total. The van der Waals surface area contributed by atoms with Crippen molar-refractivity contribution in [1.29, 1.82) is 0 Å². The van der Waals surface area contributed by atoms with Gasteiger partial charge in [-0.1, -0.05) is 22.0 Å². The van der Waals surface area contributed by atoms with Gasteiger partial charge in [0.2, 0.25) is 0 Å². The summed E-state index contributed by atoms with van der Waals surface area (Å²) in [6, 6.07) is 11.2. The summed E-state index contributed by atoms with van der Waals surface area (Å²) in [4.78, 5) is 12.1. The summed E-state index contributed by atoms with van der Waals surface area (Å²) in [7, 11) is 0. The van der Waals surface area contributed by atoms with Crippen LogP contribution in [0.4, 0.5) is 5.82 Å². The van der Waals surface area contributed by atoms with Crippen LogP contribution in [0, 0.1) is 0 Å². The van der Waals surface area contributed by atoms with Gasteiger partial charge in [0.15, 0.2) is 11.5 Å². The summed E-state index contributed by atoms with van der Waals surface area (Å²) in [5.74, 6) is 2.17. The summed E-state index contributed by atoms with van der Waals surface area (Å²) in [6.07, 6.45) is 3.13. The second-order valence-corrected chi connectivity index (χ2v) is 7.28. The van der Waals surface area contributed by atoms with Crippen LogP contribution in [0.5, 0.6) is 0 Å². The lowest BCUT2D eigenvalue weighted by atomic mass is 10.2. The van der Waals surface area contributed by atoms with Gasteiger partial charge in [0.1, 0.15) is 5.82 Å². The van der Waals surface area contributed by atoms with Gasteiger partial charge in [-0.05, 0) is 49.6 Å². The standard InChI is InChI=1S/C18H19BrN6O/c19-14-4-1-3-13(11-14)18(26)21-10-2-9-20-15-7-8-16-22-23-17(12-5-6-12)25(16)24-15/h1,3-4,7-8,11-12H,2,5-6,9-10H2,(H,20,24)(H,21,26). The first-order chi connectivity index (χ1) is 12.7. The lowest BCUT2D eigenvalue weighted by Crippen LogP contribution is -2.25. The van der Waals surface area contributed by atoms with Crippen molar-refractivity contribution in [2.45, 2.75) is 25.2 Å². The van der Waals surface area contributed by atoms with Gasteiger partial charge in [-0.3, -0.25) is 4.79 Å². The highest BCUT2D eigenvalue weighted by Crippen LogP contribution is 2.38. The maximum Gasteiger partial charge on any atom is 0.251 e. The number of anilines is 1. The minimum absolute atomic E-state index is 0.0654. The van der Waals surface area contributed by atoms with Crippen LogP contribution < -0.4 is 10.6 Å². The number of fused-ring (bicyclic) bond motifs is 1. The number of hydrogen-bond acceptors (Lipinski definition) is 5.